The molecule has 0 saturated heterocycles. The van der Waals surface area contributed by atoms with Crippen molar-refractivity contribution in [1.29, 1.82) is 0 Å². The second-order valence-corrected chi connectivity index (χ2v) is 5.59. The Hall–Kier alpha value is -1.26. The molecule has 0 radical (unpaired) electrons. The van der Waals surface area contributed by atoms with Crippen molar-refractivity contribution in [1.82, 2.24) is 14.5 Å². The number of imidazole rings is 1. The highest BCUT2D eigenvalue weighted by molar-refractivity contribution is 5.85. The first-order chi connectivity index (χ1) is 9.16. The first-order valence-corrected chi connectivity index (χ1v) is 7.04. The minimum atomic E-state index is 0. The fourth-order valence-corrected chi connectivity index (χ4v) is 3.05. The number of hydrogen-bond acceptors (Lipinski definition) is 2. The zero-order chi connectivity index (χ0) is 13.4. The predicted molar refractivity (Wildman–Crippen MR) is 84.5 cm³/mol. The highest BCUT2D eigenvalue weighted by atomic mass is 35.5. The van der Waals surface area contributed by atoms with Gasteiger partial charge in [-0.1, -0.05) is 18.9 Å². The fourth-order valence-electron chi connectivity index (χ4n) is 3.05. The fraction of sp³-hybridized carbons (Fsp3) is 0.533. The molecule has 4 nitrogen and oxygen atoms in total. The number of nitrogens with zero attached hydrogens (tertiary/aromatic N) is 2. The Morgan fingerprint density at radius 3 is 2.50 bits per heavy atom. The molecule has 110 valence electrons. The van der Waals surface area contributed by atoms with Gasteiger partial charge in [0.1, 0.15) is 0 Å². The minimum absolute atomic E-state index is 0. The van der Waals surface area contributed by atoms with Gasteiger partial charge in [-0.15, -0.1) is 12.4 Å². The molecule has 1 fully saturated rings. The number of aromatic nitrogens is 2. The Balaban J connectivity index is 0.00000147. The van der Waals surface area contributed by atoms with Crippen LogP contribution in [0, 0.1) is 0 Å². The van der Waals surface area contributed by atoms with Crippen molar-refractivity contribution in [2.45, 2.75) is 38.3 Å². The van der Waals surface area contributed by atoms with E-state index in [1.165, 1.54) is 31.2 Å². The number of rotatable bonds is 3. The Morgan fingerprint density at radius 1 is 1.15 bits per heavy atom. The first-order valence-electron chi connectivity index (χ1n) is 7.04. The molecule has 1 aromatic heterocycles. The summed E-state index contributed by atoms with van der Waals surface area (Å²) in [4.78, 5) is 11.9. The molecular formula is C15H22ClN3O. The highest BCUT2D eigenvalue weighted by Crippen LogP contribution is 2.19. The molecule has 1 aromatic carbocycles. The normalized spacial score (nSPS) is 15.7. The molecule has 2 aromatic rings. The lowest BCUT2D eigenvalue weighted by atomic mass is 10.1. The van der Waals surface area contributed by atoms with Crippen LogP contribution >= 0.6 is 12.4 Å². The number of halogens is 1. The zero-order valence-corrected chi connectivity index (χ0v) is 12.9. The van der Waals surface area contributed by atoms with E-state index in [4.69, 9.17) is 0 Å². The topological polar surface area (TPSA) is 39.0 Å². The van der Waals surface area contributed by atoms with E-state index in [0.717, 1.165) is 17.6 Å². The van der Waals surface area contributed by atoms with Crippen molar-refractivity contribution in [2.24, 2.45) is 14.1 Å². The van der Waals surface area contributed by atoms with Crippen molar-refractivity contribution in [3.63, 3.8) is 0 Å². The van der Waals surface area contributed by atoms with Gasteiger partial charge in [-0.25, -0.2) is 4.79 Å². The van der Waals surface area contributed by atoms with E-state index in [0.29, 0.717) is 6.04 Å². The summed E-state index contributed by atoms with van der Waals surface area (Å²) >= 11 is 0. The zero-order valence-electron chi connectivity index (χ0n) is 12.1. The maximum Gasteiger partial charge on any atom is 0.328 e. The minimum Gasteiger partial charge on any atom is -0.310 e. The Bertz CT molecular complexity index is 653. The maximum absolute atomic E-state index is 11.9. The van der Waals surface area contributed by atoms with Gasteiger partial charge in [-0.2, -0.15) is 0 Å². The van der Waals surface area contributed by atoms with E-state index in [2.05, 4.69) is 17.4 Å². The third kappa shape index (κ3) is 2.63. The van der Waals surface area contributed by atoms with Gasteiger partial charge in [0.15, 0.2) is 0 Å². The number of fused-ring (bicyclic) bond motifs is 1. The Labute approximate surface area is 125 Å². The maximum atomic E-state index is 11.9. The van der Waals surface area contributed by atoms with Crippen LogP contribution in [-0.2, 0) is 20.6 Å². The number of aryl methyl sites for hydroxylation is 2. The molecule has 1 N–H and O–H groups in total. The second-order valence-electron chi connectivity index (χ2n) is 5.59. The molecule has 3 rings (SSSR count). The van der Waals surface area contributed by atoms with Crippen LogP contribution in [0.5, 0.6) is 0 Å². The number of hydrogen-bond donors (Lipinski definition) is 1. The van der Waals surface area contributed by atoms with Crippen LogP contribution in [-0.4, -0.2) is 15.2 Å². The third-order valence-corrected chi connectivity index (χ3v) is 4.29. The lowest BCUT2D eigenvalue weighted by Crippen LogP contribution is -2.25. The molecule has 1 aliphatic rings. The molecule has 1 saturated carbocycles. The van der Waals surface area contributed by atoms with E-state index < -0.39 is 0 Å². The number of benzene rings is 1. The molecule has 0 aliphatic heterocycles. The summed E-state index contributed by atoms with van der Waals surface area (Å²) in [7, 11) is 3.65. The van der Waals surface area contributed by atoms with Crippen LogP contribution in [0.3, 0.4) is 0 Å². The first kappa shape index (κ1) is 15.1. The number of nitrogens with one attached hydrogen (secondary N) is 1. The van der Waals surface area contributed by atoms with Crippen LogP contribution in [0.15, 0.2) is 23.0 Å². The van der Waals surface area contributed by atoms with Gasteiger partial charge in [0.05, 0.1) is 11.0 Å². The average Bonchev–Trinajstić information content (AvgIpc) is 3.01. The van der Waals surface area contributed by atoms with Crippen molar-refractivity contribution < 1.29 is 0 Å². The van der Waals surface area contributed by atoms with E-state index in [1.807, 2.05) is 20.2 Å². The second kappa shape index (κ2) is 6.02. The van der Waals surface area contributed by atoms with Gasteiger partial charge in [0.25, 0.3) is 0 Å². The van der Waals surface area contributed by atoms with Crippen molar-refractivity contribution in [3.05, 3.63) is 34.2 Å². The van der Waals surface area contributed by atoms with Crippen LogP contribution in [0.25, 0.3) is 11.0 Å². The SMILES string of the molecule is Cl.Cn1c(=O)n(C)c2cc(CNC3CCCC3)ccc21. The summed E-state index contributed by atoms with van der Waals surface area (Å²) in [5.74, 6) is 0. The summed E-state index contributed by atoms with van der Waals surface area (Å²) in [6, 6.07) is 6.96. The predicted octanol–water partition coefficient (Wildman–Crippen LogP) is 2.33. The molecule has 1 heterocycles. The van der Waals surface area contributed by atoms with E-state index in [1.54, 1.807) is 9.13 Å². The van der Waals surface area contributed by atoms with Gasteiger partial charge in [-0.3, -0.25) is 9.13 Å². The molecule has 0 bridgehead atoms. The van der Waals surface area contributed by atoms with Gasteiger partial charge < -0.3 is 5.32 Å². The standard InChI is InChI=1S/C15H21N3O.ClH/c1-17-13-8-7-11(9-14(13)18(2)15(17)19)10-16-12-5-3-4-6-12;/h7-9,12,16H,3-6,10H2,1-2H3;1H. The van der Waals surface area contributed by atoms with Crippen LogP contribution in [0.2, 0.25) is 0 Å². The van der Waals surface area contributed by atoms with E-state index >= 15 is 0 Å². The molecule has 0 atom stereocenters. The Kier molecular flexibility index (Phi) is 4.55. The summed E-state index contributed by atoms with van der Waals surface area (Å²) in [5.41, 5.74) is 3.30. The largest absolute Gasteiger partial charge is 0.328 e. The smallest absolute Gasteiger partial charge is 0.310 e. The van der Waals surface area contributed by atoms with Gasteiger partial charge >= 0.3 is 5.69 Å². The van der Waals surface area contributed by atoms with Crippen LogP contribution in [0.4, 0.5) is 0 Å². The Morgan fingerprint density at radius 2 is 1.80 bits per heavy atom. The van der Waals surface area contributed by atoms with Crippen LogP contribution in [0.1, 0.15) is 31.2 Å². The third-order valence-electron chi connectivity index (χ3n) is 4.29. The highest BCUT2D eigenvalue weighted by Gasteiger charge is 2.14. The van der Waals surface area contributed by atoms with Gasteiger partial charge in [0.2, 0.25) is 0 Å². The molecule has 0 unspecified atom stereocenters. The molecule has 20 heavy (non-hydrogen) atoms. The summed E-state index contributed by atoms with van der Waals surface area (Å²) in [5, 5.41) is 3.61. The molecule has 1 aliphatic carbocycles. The lowest BCUT2D eigenvalue weighted by Gasteiger charge is -2.11. The van der Waals surface area contributed by atoms with E-state index in [-0.39, 0.29) is 18.1 Å². The summed E-state index contributed by atoms with van der Waals surface area (Å²) < 4.78 is 3.41. The van der Waals surface area contributed by atoms with Gasteiger partial charge in [-0.05, 0) is 30.5 Å². The molecule has 0 spiro atoms. The van der Waals surface area contributed by atoms with Gasteiger partial charge in [0, 0.05) is 26.7 Å². The lowest BCUT2D eigenvalue weighted by molar-refractivity contribution is 0.524. The summed E-state index contributed by atoms with van der Waals surface area (Å²) in [6.45, 7) is 0.893. The van der Waals surface area contributed by atoms with Crippen molar-refractivity contribution in [3.8, 4) is 0 Å². The van der Waals surface area contributed by atoms with Crippen molar-refractivity contribution in [2.75, 3.05) is 0 Å². The quantitative estimate of drug-likeness (QED) is 0.944. The molecule has 0 amide bonds. The van der Waals surface area contributed by atoms with Crippen LogP contribution < -0.4 is 11.0 Å². The summed E-state index contributed by atoms with van der Waals surface area (Å²) in [6.07, 6.45) is 5.30. The molecular weight excluding hydrogens is 274 g/mol. The van der Waals surface area contributed by atoms with Crippen molar-refractivity contribution >= 4 is 23.4 Å². The average molecular weight is 296 g/mol. The van der Waals surface area contributed by atoms with E-state index in [9.17, 15) is 4.79 Å². The molecule has 5 heteroatoms. The monoisotopic (exact) mass is 295 g/mol.